The molecule has 1 atom stereocenters. The number of carboxylic acids is 1. The zero-order chi connectivity index (χ0) is 19.8. The number of carbonyl (C=O) groups is 1. The summed E-state index contributed by atoms with van der Waals surface area (Å²) in [5, 5.41) is 29.0. The molecule has 2 aromatic carbocycles. The minimum absolute atomic E-state index is 0.115. The van der Waals surface area contributed by atoms with E-state index < -0.39 is 5.97 Å². The van der Waals surface area contributed by atoms with Gasteiger partial charge in [0.1, 0.15) is 34.7 Å². The van der Waals surface area contributed by atoms with Crippen molar-refractivity contribution < 1.29 is 29.6 Å². The SMILES string of the molecule is CO.O=C(O)c1ccc2c(c1)NC1C=C3Oc4ccc(O)cc4N=C3C=C1O2. The number of rotatable bonds is 1. The Morgan fingerprint density at radius 2 is 1.89 bits per heavy atom. The molecule has 2 heterocycles. The molecule has 1 unspecified atom stereocenters. The summed E-state index contributed by atoms with van der Waals surface area (Å²) < 4.78 is 11.8. The largest absolute Gasteiger partial charge is 0.508 e. The Hall–Kier alpha value is -3.78. The van der Waals surface area contributed by atoms with Gasteiger partial charge < -0.3 is 30.1 Å². The first-order valence-corrected chi connectivity index (χ1v) is 8.37. The number of aliphatic hydroxyl groups is 1. The highest BCUT2D eigenvalue weighted by molar-refractivity contribution is 6.11. The molecule has 0 fully saturated rings. The lowest BCUT2D eigenvalue weighted by molar-refractivity contribution is 0.0697. The van der Waals surface area contributed by atoms with E-state index in [0.717, 1.165) is 7.11 Å². The lowest BCUT2D eigenvalue weighted by Gasteiger charge is -2.32. The van der Waals surface area contributed by atoms with Gasteiger partial charge in [0.15, 0.2) is 11.5 Å². The van der Waals surface area contributed by atoms with Crippen LogP contribution in [0.5, 0.6) is 17.2 Å². The fourth-order valence-corrected chi connectivity index (χ4v) is 3.08. The number of benzene rings is 2. The molecular weight excluding hydrogens is 364 g/mol. The van der Waals surface area contributed by atoms with Crippen molar-refractivity contribution in [3.63, 3.8) is 0 Å². The number of ether oxygens (including phenoxy) is 2. The van der Waals surface area contributed by atoms with Crippen LogP contribution in [0.15, 0.2) is 65.1 Å². The van der Waals surface area contributed by atoms with Gasteiger partial charge in [-0.2, -0.15) is 0 Å². The molecule has 0 aromatic heterocycles. The van der Waals surface area contributed by atoms with Crippen LogP contribution in [0, 0.1) is 0 Å². The highest BCUT2D eigenvalue weighted by Gasteiger charge is 2.31. The van der Waals surface area contributed by atoms with Gasteiger partial charge in [-0.1, -0.05) is 0 Å². The third-order valence-electron chi connectivity index (χ3n) is 4.32. The molecule has 5 rings (SSSR count). The van der Waals surface area contributed by atoms with E-state index in [4.69, 9.17) is 19.7 Å². The summed E-state index contributed by atoms with van der Waals surface area (Å²) in [7, 11) is 1.00. The van der Waals surface area contributed by atoms with Gasteiger partial charge in [0.25, 0.3) is 0 Å². The van der Waals surface area contributed by atoms with Crippen molar-refractivity contribution in [3.8, 4) is 17.2 Å². The van der Waals surface area contributed by atoms with E-state index in [2.05, 4.69) is 10.3 Å². The number of anilines is 1. The highest BCUT2D eigenvalue weighted by Crippen LogP contribution is 2.40. The molecule has 1 aliphatic carbocycles. The summed E-state index contributed by atoms with van der Waals surface area (Å²) in [4.78, 5) is 15.7. The number of aliphatic hydroxyl groups excluding tert-OH is 1. The number of hydrogen-bond donors (Lipinski definition) is 4. The van der Waals surface area contributed by atoms with Crippen LogP contribution in [-0.4, -0.2) is 40.2 Å². The predicted octanol–water partition coefficient (Wildman–Crippen LogP) is 2.82. The van der Waals surface area contributed by atoms with Crippen LogP contribution in [0.1, 0.15) is 10.4 Å². The van der Waals surface area contributed by atoms with E-state index >= 15 is 0 Å². The quantitative estimate of drug-likeness (QED) is 0.600. The van der Waals surface area contributed by atoms with Gasteiger partial charge in [-0.3, -0.25) is 0 Å². The lowest BCUT2D eigenvalue weighted by Crippen LogP contribution is -2.33. The summed E-state index contributed by atoms with van der Waals surface area (Å²) in [5.41, 5.74) is 1.93. The Morgan fingerprint density at radius 1 is 1.11 bits per heavy atom. The van der Waals surface area contributed by atoms with E-state index in [1.165, 1.54) is 24.3 Å². The van der Waals surface area contributed by atoms with Gasteiger partial charge in [0.2, 0.25) is 0 Å². The number of aliphatic imine (C=N–C) groups is 1. The van der Waals surface area contributed by atoms with Gasteiger partial charge in [0, 0.05) is 19.3 Å². The van der Waals surface area contributed by atoms with Crippen molar-refractivity contribution in [1.29, 1.82) is 0 Å². The van der Waals surface area contributed by atoms with Gasteiger partial charge in [0.05, 0.1) is 11.3 Å². The number of allylic oxidation sites excluding steroid dienone is 1. The number of aromatic hydroxyl groups is 1. The second kappa shape index (κ2) is 6.75. The third-order valence-corrected chi connectivity index (χ3v) is 4.32. The first kappa shape index (κ1) is 17.6. The topological polar surface area (TPSA) is 121 Å². The number of nitrogens with zero attached hydrogens (tertiary/aromatic N) is 1. The van der Waals surface area contributed by atoms with Crippen molar-refractivity contribution in [2.75, 3.05) is 12.4 Å². The van der Waals surface area contributed by atoms with E-state index in [9.17, 15) is 9.90 Å². The number of nitrogens with one attached hydrogen (secondary N) is 1. The van der Waals surface area contributed by atoms with Crippen molar-refractivity contribution in [2.45, 2.75) is 6.04 Å². The molecule has 0 amide bonds. The van der Waals surface area contributed by atoms with Gasteiger partial charge in [-0.15, -0.1) is 0 Å². The molecule has 4 N–H and O–H groups in total. The van der Waals surface area contributed by atoms with Gasteiger partial charge in [-0.05, 0) is 36.4 Å². The van der Waals surface area contributed by atoms with Crippen LogP contribution in [0.25, 0.3) is 0 Å². The van der Waals surface area contributed by atoms with Crippen molar-refractivity contribution in [1.82, 2.24) is 0 Å². The average Bonchev–Trinajstić information content (AvgIpc) is 2.70. The molecule has 142 valence electrons. The molecule has 0 radical (unpaired) electrons. The van der Waals surface area contributed by atoms with E-state index in [0.29, 0.717) is 40.1 Å². The zero-order valence-electron chi connectivity index (χ0n) is 14.7. The number of aromatic carboxylic acids is 1. The second-order valence-electron chi connectivity index (χ2n) is 6.07. The van der Waals surface area contributed by atoms with E-state index in [1.807, 2.05) is 6.08 Å². The first-order valence-electron chi connectivity index (χ1n) is 8.37. The molecule has 8 nitrogen and oxygen atoms in total. The predicted molar refractivity (Wildman–Crippen MR) is 102 cm³/mol. The molecule has 2 aromatic rings. The minimum Gasteiger partial charge on any atom is -0.508 e. The molecule has 0 saturated carbocycles. The summed E-state index contributed by atoms with van der Waals surface area (Å²) in [6.45, 7) is 0. The Labute approximate surface area is 159 Å². The van der Waals surface area contributed by atoms with Crippen LogP contribution in [0.2, 0.25) is 0 Å². The van der Waals surface area contributed by atoms with Crippen LogP contribution in [0.4, 0.5) is 11.4 Å². The summed E-state index contributed by atoms with van der Waals surface area (Å²) in [5.74, 6) is 1.43. The molecule has 3 aliphatic rings. The highest BCUT2D eigenvalue weighted by atomic mass is 16.5. The number of hydrogen-bond acceptors (Lipinski definition) is 7. The molecule has 0 bridgehead atoms. The van der Waals surface area contributed by atoms with Gasteiger partial charge in [-0.25, -0.2) is 9.79 Å². The maximum atomic E-state index is 11.2. The Bertz CT molecular complexity index is 1070. The smallest absolute Gasteiger partial charge is 0.335 e. The molecule has 0 spiro atoms. The summed E-state index contributed by atoms with van der Waals surface area (Å²) >= 11 is 0. The maximum Gasteiger partial charge on any atom is 0.335 e. The second-order valence-corrected chi connectivity index (χ2v) is 6.07. The zero-order valence-corrected chi connectivity index (χ0v) is 14.7. The standard InChI is InChI=1S/C19H12N2O5.CH4O/c22-10-2-4-16-12(6-10)21-14-8-17-13(7-18(14)26-16)20-11-5-9(19(23)24)1-3-15(11)25-17;1-2/h1-8,13,20,22H,(H,23,24);2H,1H3. The average molecular weight is 380 g/mol. The summed E-state index contributed by atoms with van der Waals surface area (Å²) in [6.07, 6.45) is 3.61. The van der Waals surface area contributed by atoms with Crippen molar-refractivity contribution in [3.05, 3.63) is 65.6 Å². The fraction of sp³-hybridized carbons (Fsp3) is 0.100. The normalized spacial score (nSPS) is 17.8. The third kappa shape index (κ3) is 2.95. The number of phenols is 1. The van der Waals surface area contributed by atoms with Gasteiger partial charge >= 0.3 is 5.97 Å². The lowest BCUT2D eigenvalue weighted by atomic mass is 10.0. The van der Waals surface area contributed by atoms with Crippen molar-refractivity contribution >= 4 is 23.1 Å². The van der Waals surface area contributed by atoms with Crippen LogP contribution >= 0.6 is 0 Å². The number of carboxylic acid groups (broad SMARTS) is 1. The van der Waals surface area contributed by atoms with E-state index in [-0.39, 0.29) is 17.4 Å². The first-order chi connectivity index (χ1) is 13.6. The van der Waals surface area contributed by atoms with Crippen LogP contribution in [-0.2, 0) is 0 Å². The maximum absolute atomic E-state index is 11.2. The molecule has 8 heteroatoms. The molecule has 28 heavy (non-hydrogen) atoms. The Morgan fingerprint density at radius 3 is 2.68 bits per heavy atom. The fourth-order valence-electron chi connectivity index (χ4n) is 3.08. The molecule has 2 aliphatic heterocycles. The number of fused-ring (bicyclic) bond motifs is 4. The van der Waals surface area contributed by atoms with Crippen LogP contribution < -0.4 is 14.8 Å². The van der Waals surface area contributed by atoms with E-state index in [1.54, 1.807) is 18.2 Å². The Kier molecular flexibility index (Phi) is 4.25. The summed E-state index contributed by atoms with van der Waals surface area (Å²) in [6, 6.07) is 9.09. The monoisotopic (exact) mass is 380 g/mol. The van der Waals surface area contributed by atoms with Crippen LogP contribution in [0.3, 0.4) is 0 Å². The number of phenolic OH excluding ortho intramolecular Hbond substituents is 1. The molecular formula is C20H16N2O6. The molecule has 0 saturated heterocycles. The Balaban J connectivity index is 0.000000932. The minimum atomic E-state index is -0.997. The van der Waals surface area contributed by atoms with Crippen molar-refractivity contribution in [2.24, 2.45) is 4.99 Å².